The van der Waals surface area contributed by atoms with Gasteiger partial charge in [0, 0.05) is 28.6 Å². The topological polar surface area (TPSA) is 6.48 Å². The molecule has 0 aliphatic rings. The van der Waals surface area contributed by atoms with Gasteiger partial charge in [-0.05, 0) is 59.0 Å². The molecule has 2 nitrogen and oxygen atoms in total. The molecular weight excluding hydrogens is 310 g/mol. The van der Waals surface area contributed by atoms with Crippen molar-refractivity contribution in [1.29, 1.82) is 0 Å². The summed E-state index contributed by atoms with van der Waals surface area (Å²) in [5.41, 5.74) is 2.28. The van der Waals surface area contributed by atoms with Gasteiger partial charge < -0.3 is 0 Å². The summed E-state index contributed by atoms with van der Waals surface area (Å²) in [5.74, 6) is -0.327. The third kappa shape index (κ3) is 3.31. The molecular formula is C13H10Cl3FN2. The Morgan fingerprint density at radius 1 is 1.00 bits per heavy atom. The fourth-order valence-electron chi connectivity index (χ4n) is 1.75. The van der Waals surface area contributed by atoms with Crippen LogP contribution in [0.5, 0.6) is 0 Å². The zero-order chi connectivity index (χ0) is 14.0. The summed E-state index contributed by atoms with van der Waals surface area (Å²) in [7, 11) is 0. The van der Waals surface area contributed by atoms with E-state index in [1.54, 1.807) is 30.3 Å². The normalized spacial score (nSPS) is 10.8. The van der Waals surface area contributed by atoms with Gasteiger partial charge in [-0.2, -0.15) is 0 Å². The Morgan fingerprint density at radius 2 is 1.63 bits per heavy atom. The van der Waals surface area contributed by atoms with Gasteiger partial charge in [0.2, 0.25) is 0 Å². The summed E-state index contributed by atoms with van der Waals surface area (Å²) in [6.07, 6.45) is 0. The van der Waals surface area contributed by atoms with Gasteiger partial charge in [0.15, 0.2) is 0 Å². The Morgan fingerprint density at radius 3 is 2.16 bits per heavy atom. The van der Waals surface area contributed by atoms with Crippen molar-refractivity contribution in [2.75, 3.05) is 5.01 Å². The van der Waals surface area contributed by atoms with Crippen molar-refractivity contribution in [1.82, 2.24) is 4.05 Å². The maximum absolute atomic E-state index is 13.0. The Kier molecular flexibility index (Phi) is 4.53. The number of halogens is 4. The number of hydrazine groups is 1. The summed E-state index contributed by atoms with van der Waals surface area (Å²) >= 11 is 17.6. The first-order chi connectivity index (χ1) is 8.99. The van der Waals surface area contributed by atoms with E-state index in [0.29, 0.717) is 10.7 Å². The second-order valence-corrected chi connectivity index (χ2v) is 5.18. The van der Waals surface area contributed by atoms with Gasteiger partial charge in [-0.3, -0.25) is 0 Å². The summed E-state index contributed by atoms with van der Waals surface area (Å²) in [4.78, 5) is 0. The zero-order valence-electron chi connectivity index (χ0n) is 9.95. The van der Waals surface area contributed by atoms with Crippen LogP contribution in [0.2, 0.25) is 5.02 Å². The Hall–Kier alpha value is -1.00. The molecule has 0 saturated heterocycles. The number of rotatable bonds is 3. The van der Waals surface area contributed by atoms with E-state index >= 15 is 0 Å². The fraction of sp³-hybridized carbons (Fsp3) is 0.0769. The molecule has 100 valence electrons. The second-order valence-electron chi connectivity index (χ2n) is 3.93. The predicted molar refractivity (Wildman–Crippen MR) is 78.3 cm³/mol. The SMILES string of the molecule is Cc1cc(Cl)ccc1N(c1ccc(F)cc1)N(Cl)Cl. The minimum absolute atomic E-state index is 0.327. The minimum Gasteiger partial charge on any atom is -0.246 e. The molecule has 0 saturated carbocycles. The number of hydrogen-bond acceptors (Lipinski definition) is 2. The van der Waals surface area contributed by atoms with Gasteiger partial charge in [0.05, 0.1) is 11.4 Å². The molecule has 2 aromatic carbocycles. The largest absolute Gasteiger partial charge is 0.246 e. The molecule has 0 radical (unpaired) electrons. The summed E-state index contributed by atoms with van der Waals surface area (Å²) in [6, 6.07) is 11.2. The summed E-state index contributed by atoms with van der Waals surface area (Å²) in [5, 5.41) is 2.16. The van der Waals surface area contributed by atoms with Crippen molar-refractivity contribution < 1.29 is 4.39 Å². The molecule has 0 aromatic heterocycles. The molecule has 0 amide bonds. The molecule has 0 aliphatic carbocycles. The summed E-state index contributed by atoms with van der Waals surface area (Å²) < 4.78 is 13.9. The third-order valence-electron chi connectivity index (χ3n) is 2.61. The van der Waals surface area contributed by atoms with E-state index in [-0.39, 0.29) is 5.82 Å². The molecule has 0 unspecified atom stereocenters. The fourth-order valence-corrected chi connectivity index (χ4v) is 2.31. The smallest absolute Gasteiger partial charge is 0.123 e. The molecule has 0 atom stereocenters. The van der Waals surface area contributed by atoms with Crippen molar-refractivity contribution >= 4 is 46.5 Å². The van der Waals surface area contributed by atoms with Crippen molar-refractivity contribution in [2.45, 2.75) is 6.92 Å². The van der Waals surface area contributed by atoms with E-state index in [0.717, 1.165) is 15.3 Å². The molecule has 6 heteroatoms. The van der Waals surface area contributed by atoms with Crippen LogP contribution in [0.1, 0.15) is 5.56 Å². The lowest BCUT2D eigenvalue weighted by Gasteiger charge is -2.27. The maximum Gasteiger partial charge on any atom is 0.123 e. The van der Waals surface area contributed by atoms with Gasteiger partial charge in [0.25, 0.3) is 0 Å². The molecule has 19 heavy (non-hydrogen) atoms. The van der Waals surface area contributed by atoms with Gasteiger partial charge in [-0.25, -0.2) is 9.40 Å². The number of benzene rings is 2. The first kappa shape index (κ1) is 14.4. The van der Waals surface area contributed by atoms with Gasteiger partial charge in [-0.1, -0.05) is 11.6 Å². The van der Waals surface area contributed by atoms with E-state index in [1.165, 1.54) is 17.1 Å². The van der Waals surface area contributed by atoms with E-state index in [9.17, 15) is 4.39 Å². The zero-order valence-corrected chi connectivity index (χ0v) is 12.2. The van der Waals surface area contributed by atoms with Crippen LogP contribution in [-0.2, 0) is 0 Å². The highest BCUT2D eigenvalue weighted by Gasteiger charge is 2.17. The van der Waals surface area contributed by atoms with Gasteiger partial charge in [0.1, 0.15) is 5.82 Å². The number of anilines is 2. The van der Waals surface area contributed by atoms with Crippen molar-refractivity contribution in [2.24, 2.45) is 0 Å². The van der Waals surface area contributed by atoms with Crippen molar-refractivity contribution in [3.8, 4) is 0 Å². The molecule has 0 aliphatic heterocycles. The lowest BCUT2D eigenvalue weighted by atomic mass is 10.2. The van der Waals surface area contributed by atoms with Crippen LogP contribution in [0.3, 0.4) is 0 Å². The number of nitrogens with zero attached hydrogens (tertiary/aromatic N) is 2. The highest BCUT2D eigenvalue weighted by molar-refractivity contribution is 6.35. The average molecular weight is 320 g/mol. The highest BCUT2D eigenvalue weighted by atomic mass is 35.5. The first-order valence-corrected chi connectivity index (χ1v) is 6.48. The van der Waals surface area contributed by atoms with Crippen LogP contribution in [0.4, 0.5) is 15.8 Å². The Labute approximate surface area is 126 Å². The van der Waals surface area contributed by atoms with Crippen LogP contribution >= 0.6 is 35.2 Å². The van der Waals surface area contributed by atoms with E-state index in [4.69, 9.17) is 35.2 Å². The van der Waals surface area contributed by atoms with Crippen LogP contribution in [-0.4, -0.2) is 4.05 Å². The molecule has 0 bridgehead atoms. The lowest BCUT2D eigenvalue weighted by molar-refractivity contribution is 0.626. The van der Waals surface area contributed by atoms with E-state index < -0.39 is 0 Å². The minimum atomic E-state index is -0.327. The summed E-state index contributed by atoms with van der Waals surface area (Å²) in [6.45, 7) is 1.88. The molecule has 0 N–H and O–H groups in total. The maximum atomic E-state index is 13.0. The second kappa shape index (κ2) is 5.97. The Balaban J connectivity index is 2.48. The van der Waals surface area contributed by atoms with Crippen LogP contribution < -0.4 is 5.01 Å². The van der Waals surface area contributed by atoms with Gasteiger partial charge >= 0.3 is 0 Å². The van der Waals surface area contributed by atoms with Crippen molar-refractivity contribution in [3.05, 3.63) is 58.9 Å². The van der Waals surface area contributed by atoms with Crippen LogP contribution in [0.15, 0.2) is 42.5 Å². The van der Waals surface area contributed by atoms with E-state index in [2.05, 4.69) is 0 Å². The number of aryl methyl sites for hydroxylation is 1. The average Bonchev–Trinajstić information content (AvgIpc) is 2.34. The van der Waals surface area contributed by atoms with Crippen LogP contribution in [0, 0.1) is 12.7 Å². The van der Waals surface area contributed by atoms with Gasteiger partial charge in [-0.15, -0.1) is 0 Å². The molecule has 0 heterocycles. The molecule has 2 rings (SSSR count). The number of hydrogen-bond donors (Lipinski definition) is 0. The van der Waals surface area contributed by atoms with Crippen molar-refractivity contribution in [3.63, 3.8) is 0 Å². The third-order valence-corrected chi connectivity index (χ3v) is 3.15. The monoisotopic (exact) mass is 318 g/mol. The Bertz CT molecular complexity index is 573. The molecule has 2 aromatic rings. The molecule has 0 spiro atoms. The van der Waals surface area contributed by atoms with E-state index in [1.807, 2.05) is 6.92 Å². The lowest BCUT2D eigenvalue weighted by Crippen LogP contribution is -2.25. The molecule has 0 fully saturated rings. The quantitative estimate of drug-likeness (QED) is 0.548. The highest BCUT2D eigenvalue weighted by Crippen LogP contribution is 2.33. The van der Waals surface area contributed by atoms with Crippen LogP contribution in [0.25, 0.3) is 0 Å². The first-order valence-electron chi connectivity index (χ1n) is 5.42. The predicted octanol–water partition coefficient (Wildman–Crippen LogP) is 5.45. The standard InChI is InChI=1S/C13H10Cl3FN2/c1-9-8-10(14)2-7-13(9)18(19(15)16)12-5-3-11(17)4-6-12/h2-8H,1H3.